The van der Waals surface area contributed by atoms with Crippen LogP contribution in [-0.4, -0.2) is 31.7 Å². The van der Waals surface area contributed by atoms with E-state index in [0.717, 1.165) is 45.1 Å². The standard InChI is InChI=1S/C21H24N6OS/c1-5-26-13-16(14(2)24-26)12-22-21-23-15(3)20(29-21)19-10-11-27(25-19)17-6-8-18(28-4)9-7-17/h6-11,13H,5,12H2,1-4H3,(H,22,23). The Morgan fingerprint density at radius 2 is 1.86 bits per heavy atom. The Kier molecular flexibility index (Phi) is 5.35. The molecule has 29 heavy (non-hydrogen) atoms. The molecule has 150 valence electrons. The van der Waals surface area contributed by atoms with Crippen LogP contribution >= 0.6 is 11.3 Å². The first-order chi connectivity index (χ1) is 14.1. The summed E-state index contributed by atoms with van der Waals surface area (Å²) < 4.78 is 9.04. The highest BCUT2D eigenvalue weighted by Gasteiger charge is 2.14. The van der Waals surface area contributed by atoms with Gasteiger partial charge in [-0.05, 0) is 51.1 Å². The van der Waals surface area contributed by atoms with E-state index in [4.69, 9.17) is 9.84 Å². The van der Waals surface area contributed by atoms with Crippen LogP contribution in [0.2, 0.25) is 0 Å². The number of ether oxygens (including phenoxy) is 1. The molecule has 0 bridgehead atoms. The minimum atomic E-state index is 0.707. The predicted molar refractivity (Wildman–Crippen MR) is 116 cm³/mol. The summed E-state index contributed by atoms with van der Waals surface area (Å²) in [5, 5.41) is 13.5. The molecule has 0 aliphatic carbocycles. The van der Waals surface area contributed by atoms with Gasteiger partial charge in [-0.15, -0.1) is 0 Å². The van der Waals surface area contributed by atoms with E-state index in [1.54, 1.807) is 18.4 Å². The molecule has 0 fully saturated rings. The van der Waals surface area contributed by atoms with Gasteiger partial charge in [-0.2, -0.15) is 10.2 Å². The third-order valence-electron chi connectivity index (χ3n) is 4.76. The number of aromatic nitrogens is 5. The number of aryl methyl sites for hydroxylation is 3. The lowest BCUT2D eigenvalue weighted by Crippen LogP contribution is -1.99. The van der Waals surface area contributed by atoms with Gasteiger partial charge in [-0.3, -0.25) is 4.68 Å². The van der Waals surface area contributed by atoms with Crippen LogP contribution in [-0.2, 0) is 13.1 Å². The Bertz CT molecular complexity index is 1110. The highest BCUT2D eigenvalue weighted by Crippen LogP contribution is 2.32. The fourth-order valence-corrected chi connectivity index (χ4v) is 4.03. The van der Waals surface area contributed by atoms with Crippen molar-refractivity contribution in [1.29, 1.82) is 0 Å². The third kappa shape index (κ3) is 4.02. The van der Waals surface area contributed by atoms with Gasteiger partial charge in [0.1, 0.15) is 11.4 Å². The molecule has 0 spiro atoms. The number of benzene rings is 1. The van der Waals surface area contributed by atoms with Gasteiger partial charge in [0.15, 0.2) is 5.13 Å². The van der Waals surface area contributed by atoms with Crippen molar-refractivity contribution in [1.82, 2.24) is 24.5 Å². The van der Waals surface area contributed by atoms with Crippen LogP contribution in [0.5, 0.6) is 5.75 Å². The minimum Gasteiger partial charge on any atom is -0.497 e. The average Bonchev–Trinajstić information content (AvgIpc) is 3.45. The molecule has 1 N–H and O–H groups in total. The fraction of sp³-hybridized carbons (Fsp3) is 0.286. The molecule has 0 saturated carbocycles. The van der Waals surface area contributed by atoms with E-state index < -0.39 is 0 Å². The quantitative estimate of drug-likeness (QED) is 0.489. The van der Waals surface area contributed by atoms with Crippen molar-refractivity contribution in [2.45, 2.75) is 33.9 Å². The lowest BCUT2D eigenvalue weighted by molar-refractivity contribution is 0.414. The molecule has 0 amide bonds. The summed E-state index contributed by atoms with van der Waals surface area (Å²) >= 11 is 1.62. The highest BCUT2D eigenvalue weighted by molar-refractivity contribution is 7.19. The largest absolute Gasteiger partial charge is 0.497 e. The van der Waals surface area contributed by atoms with Crippen molar-refractivity contribution in [3.63, 3.8) is 0 Å². The topological polar surface area (TPSA) is 69.8 Å². The molecule has 8 heteroatoms. The lowest BCUT2D eigenvalue weighted by atomic mass is 10.3. The van der Waals surface area contributed by atoms with Gasteiger partial charge in [-0.1, -0.05) is 11.3 Å². The summed E-state index contributed by atoms with van der Waals surface area (Å²) in [6.45, 7) is 7.72. The zero-order valence-electron chi connectivity index (χ0n) is 17.0. The Morgan fingerprint density at radius 1 is 1.07 bits per heavy atom. The van der Waals surface area contributed by atoms with E-state index in [2.05, 4.69) is 28.5 Å². The molecule has 0 unspecified atom stereocenters. The molecule has 3 aromatic heterocycles. The SMILES string of the molecule is CCn1cc(CNc2nc(C)c(-c3ccn(-c4ccc(OC)cc4)n3)s2)c(C)n1. The number of nitrogens with zero attached hydrogens (tertiary/aromatic N) is 5. The van der Waals surface area contributed by atoms with E-state index in [1.165, 1.54) is 5.56 Å². The van der Waals surface area contributed by atoms with E-state index in [0.29, 0.717) is 6.54 Å². The first kappa shape index (κ1) is 19.2. The van der Waals surface area contributed by atoms with Crippen LogP contribution in [0.4, 0.5) is 5.13 Å². The van der Waals surface area contributed by atoms with Crippen molar-refractivity contribution in [2.75, 3.05) is 12.4 Å². The molecule has 4 rings (SSSR count). The van der Waals surface area contributed by atoms with Crippen molar-refractivity contribution in [2.24, 2.45) is 0 Å². The van der Waals surface area contributed by atoms with Crippen LogP contribution in [0.1, 0.15) is 23.9 Å². The smallest absolute Gasteiger partial charge is 0.183 e. The summed E-state index contributed by atoms with van der Waals surface area (Å²) in [6, 6.07) is 9.85. The maximum absolute atomic E-state index is 5.22. The Labute approximate surface area is 174 Å². The second kappa shape index (κ2) is 8.08. The van der Waals surface area contributed by atoms with Gasteiger partial charge in [0, 0.05) is 31.0 Å². The van der Waals surface area contributed by atoms with Crippen molar-refractivity contribution in [3.8, 4) is 22.0 Å². The average molecular weight is 409 g/mol. The van der Waals surface area contributed by atoms with Gasteiger partial charge in [0.25, 0.3) is 0 Å². The van der Waals surface area contributed by atoms with E-state index in [-0.39, 0.29) is 0 Å². The molecule has 0 aliphatic rings. The number of anilines is 1. The number of methoxy groups -OCH3 is 1. The summed E-state index contributed by atoms with van der Waals surface area (Å²) in [5.41, 5.74) is 5.11. The molecule has 4 aromatic rings. The van der Waals surface area contributed by atoms with Gasteiger partial charge >= 0.3 is 0 Å². The molecule has 0 aliphatic heterocycles. The van der Waals surface area contributed by atoms with Gasteiger partial charge in [0.05, 0.1) is 29.1 Å². The monoisotopic (exact) mass is 408 g/mol. The lowest BCUT2D eigenvalue weighted by Gasteiger charge is -2.03. The van der Waals surface area contributed by atoms with Crippen LogP contribution in [0.25, 0.3) is 16.3 Å². The van der Waals surface area contributed by atoms with Crippen LogP contribution in [0, 0.1) is 13.8 Å². The third-order valence-corrected chi connectivity index (χ3v) is 5.90. The number of nitrogens with one attached hydrogen (secondary N) is 1. The molecular weight excluding hydrogens is 384 g/mol. The maximum Gasteiger partial charge on any atom is 0.183 e. The van der Waals surface area contributed by atoms with Crippen molar-refractivity contribution >= 4 is 16.5 Å². The predicted octanol–water partition coefficient (Wildman–Crippen LogP) is 4.45. The molecule has 3 heterocycles. The number of hydrogen-bond acceptors (Lipinski definition) is 6. The summed E-state index contributed by atoms with van der Waals surface area (Å²) in [4.78, 5) is 5.75. The van der Waals surface area contributed by atoms with Crippen LogP contribution in [0.3, 0.4) is 0 Å². The molecule has 0 atom stereocenters. The van der Waals surface area contributed by atoms with Crippen molar-refractivity contribution in [3.05, 3.63) is 59.7 Å². The zero-order valence-corrected chi connectivity index (χ0v) is 17.8. The Hall–Kier alpha value is -3.13. The van der Waals surface area contributed by atoms with E-state index >= 15 is 0 Å². The summed E-state index contributed by atoms with van der Waals surface area (Å²) in [7, 11) is 1.66. The van der Waals surface area contributed by atoms with Crippen LogP contribution in [0.15, 0.2) is 42.7 Å². The summed E-state index contributed by atoms with van der Waals surface area (Å²) in [6.07, 6.45) is 4.05. The Balaban J connectivity index is 1.50. The molecule has 0 radical (unpaired) electrons. The highest BCUT2D eigenvalue weighted by atomic mass is 32.1. The zero-order chi connectivity index (χ0) is 20.4. The number of thiazole rings is 1. The normalized spacial score (nSPS) is 11.0. The first-order valence-electron chi connectivity index (χ1n) is 9.52. The second-order valence-electron chi connectivity index (χ2n) is 6.73. The van der Waals surface area contributed by atoms with Gasteiger partial charge < -0.3 is 10.1 Å². The molecule has 1 aromatic carbocycles. The minimum absolute atomic E-state index is 0.707. The Morgan fingerprint density at radius 3 is 2.55 bits per heavy atom. The van der Waals surface area contributed by atoms with Crippen molar-refractivity contribution < 1.29 is 4.74 Å². The van der Waals surface area contributed by atoms with E-state index in [1.807, 2.05) is 59.7 Å². The molecule has 0 saturated heterocycles. The van der Waals surface area contributed by atoms with E-state index in [9.17, 15) is 0 Å². The first-order valence-corrected chi connectivity index (χ1v) is 10.3. The van der Waals surface area contributed by atoms with Gasteiger partial charge in [-0.25, -0.2) is 9.67 Å². The van der Waals surface area contributed by atoms with Gasteiger partial charge in [0.2, 0.25) is 0 Å². The fourth-order valence-electron chi connectivity index (χ4n) is 3.10. The van der Waals surface area contributed by atoms with Crippen LogP contribution < -0.4 is 10.1 Å². The number of rotatable bonds is 7. The summed E-state index contributed by atoms with van der Waals surface area (Å²) in [5.74, 6) is 0.829. The second-order valence-corrected chi connectivity index (χ2v) is 7.73. The number of hydrogen-bond donors (Lipinski definition) is 1. The molecular formula is C21H24N6OS. The maximum atomic E-state index is 5.22. The molecule has 7 nitrogen and oxygen atoms in total.